The Bertz CT molecular complexity index is 417. The normalized spacial score (nSPS) is 23.1. The van der Waals surface area contributed by atoms with Gasteiger partial charge in [-0.1, -0.05) is 26.2 Å². The van der Waals surface area contributed by atoms with Crippen LogP contribution in [0.3, 0.4) is 0 Å². The van der Waals surface area contributed by atoms with Crippen molar-refractivity contribution >= 4 is 12.0 Å². The van der Waals surface area contributed by atoms with Crippen LogP contribution in [0.4, 0.5) is 6.01 Å². The number of anilines is 1. The van der Waals surface area contributed by atoms with Crippen LogP contribution in [0.5, 0.6) is 0 Å². The molecular formula is C14H22N2O3. The van der Waals surface area contributed by atoms with Crippen molar-refractivity contribution in [1.82, 2.24) is 4.98 Å². The molecule has 5 heteroatoms. The number of carbonyl (C=O) groups is 1. The first kappa shape index (κ1) is 13.9. The van der Waals surface area contributed by atoms with Crippen LogP contribution in [0.1, 0.15) is 50.0 Å². The van der Waals surface area contributed by atoms with Crippen LogP contribution in [-0.4, -0.2) is 24.1 Å². The number of oxazole rings is 1. The third-order valence-electron chi connectivity index (χ3n) is 3.79. The Morgan fingerprint density at radius 1 is 1.53 bits per heavy atom. The Morgan fingerprint density at radius 3 is 3.05 bits per heavy atom. The first-order valence-electron chi connectivity index (χ1n) is 7.07. The van der Waals surface area contributed by atoms with Gasteiger partial charge in [0, 0.05) is 6.54 Å². The molecule has 106 valence electrons. The molecule has 0 bridgehead atoms. The predicted molar refractivity (Wildman–Crippen MR) is 72.1 cm³/mol. The fraction of sp³-hybridized carbons (Fsp3) is 0.714. The molecule has 1 saturated carbocycles. The highest BCUT2D eigenvalue weighted by atomic mass is 16.5. The highest BCUT2D eigenvalue weighted by Crippen LogP contribution is 2.29. The smallest absolute Gasteiger partial charge is 0.360 e. The summed E-state index contributed by atoms with van der Waals surface area (Å²) in [6.45, 7) is 5.25. The lowest BCUT2D eigenvalue weighted by Gasteiger charge is -2.28. The molecule has 0 spiro atoms. The number of ether oxygens (including phenoxy) is 1. The van der Waals surface area contributed by atoms with E-state index in [0.29, 0.717) is 18.5 Å². The number of hydrogen-bond acceptors (Lipinski definition) is 5. The first-order valence-corrected chi connectivity index (χ1v) is 7.07. The van der Waals surface area contributed by atoms with Crippen LogP contribution in [0.25, 0.3) is 0 Å². The number of nitrogens with zero attached hydrogens (tertiary/aromatic N) is 1. The van der Waals surface area contributed by atoms with Crippen molar-refractivity contribution in [3.63, 3.8) is 0 Å². The van der Waals surface area contributed by atoms with Gasteiger partial charge in [-0.25, -0.2) is 4.79 Å². The Hall–Kier alpha value is -1.52. The number of carbonyl (C=O) groups excluding carboxylic acids is 1. The fourth-order valence-corrected chi connectivity index (χ4v) is 2.57. The number of rotatable bonds is 5. The third kappa shape index (κ3) is 3.72. The molecule has 0 saturated heterocycles. The van der Waals surface area contributed by atoms with Gasteiger partial charge in [-0.2, -0.15) is 4.98 Å². The molecular weight excluding hydrogens is 244 g/mol. The summed E-state index contributed by atoms with van der Waals surface area (Å²) >= 11 is 0. The monoisotopic (exact) mass is 266 g/mol. The molecule has 1 N–H and O–H groups in total. The molecule has 0 radical (unpaired) electrons. The van der Waals surface area contributed by atoms with E-state index in [1.54, 1.807) is 6.92 Å². The minimum Gasteiger partial charge on any atom is -0.461 e. The largest absolute Gasteiger partial charge is 0.461 e. The van der Waals surface area contributed by atoms with E-state index in [1.165, 1.54) is 31.9 Å². The van der Waals surface area contributed by atoms with Crippen LogP contribution in [-0.2, 0) is 4.74 Å². The van der Waals surface area contributed by atoms with Gasteiger partial charge in [0.1, 0.15) is 6.26 Å². The van der Waals surface area contributed by atoms with Crippen molar-refractivity contribution in [3.8, 4) is 0 Å². The maximum Gasteiger partial charge on any atom is 0.360 e. The summed E-state index contributed by atoms with van der Waals surface area (Å²) < 4.78 is 10.1. The summed E-state index contributed by atoms with van der Waals surface area (Å²) in [6.07, 6.45) is 6.52. The van der Waals surface area contributed by atoms with Gasteiger partial charge in [-0.3, -0.25) is 0 Å². The van der Waals surface area contributed by atoms with Gasteiger partial charge < -0.3 is 14.5 Å². The minimum atomic E-state index is -0.440. The molecule has 0 aliphatic heterocycles. The zero-order valence-electron chi connectivity index (χ0n) is 11.6. The highest BCUT2D eigenvalue weighted by molar-refractivity contribution is 5.87. The molecule has 1 aromatic rings. The second-order valence-corrected chi connectivity index (χ2v) is 5.16. The van der Waals surface area contributed by atoms with Gasteiger partial charge >= 0.3 is 5.97 Å². The number of esters is 1. The maximum atomic E-state index is 11.4. The molecule has 1 aromatic heterocycles. The molecule has 1 heterocycles. The van der Waals surface area contributed by atoms with Gasteiger partial charge in [0.25, 0.3) is 6.01 Å². The average molecular weight is 266 g/mol. The highest BCUT2D eigenvalue weighted by Gasteiger charge is 2.21. The van der Waals surface area contributed by atoms with Crippen molar-refractivity contribution in [3.05, 3.63) is 12.0 Å². The summed E-state index contributed by atoms with van der Waals surface area (Å²) in [5, 5.41) is 3.18. The van der Waals surface area contributed by atoms with E-state index in [-0.39, 0.29) is 5.69 Å². The van der Waals surface area contributed by atoms with Crippen molar-refractivity contribution < 1.29 is 13.9 Å². The molecule has 2 unspecified atom stereocenters. The molecule has 19 heavy (non-hydrogen) atoms. The molecule has 2 atom stereocenters. The predicted octanol–water partition coefficient (Wildman–Crippen LogP) is 3.09. The second-order valence-electron chi connectivity index (χ2n) is 5.16. The standard InChI is InChI=1S/C14H22N2O3/c1-3-18-13(17)12-9-19-14(16-12)15-8-11-7-5-4-6-10(11)2/h9-11H,3-8H2,1-2H3,(H,15,16). The first-order chi connectivity index (χ1) is 9.20. The molecule has 0 amide bonds. The Labute approximate surface area is 113 Å². The van der Waals surface area contributed by atoms with Gasteiger partial charge in [0.15, 0.2) is 5.69 Å². The van der Waals surface area contributed by atoms with E-state index in [0.717, 1.165) is 12.5 Å². The van der Waals surface area contributed by atoms with E-state index >= 15 is 0 Å². The van der Waals surface area contributed by atoms with Crippen LogP contribution >= 0.6 is 0 Å². The summed E-state index contributed by atoms with van der Waals surface area (Å²) in [5.74, 6) is 0.956. The third-order valence-corrected chi connectivity index (χ3v) is 3.79. The molecule has 1 aliphatic carbocycles. The van der Waals surface area contributed by atoms with Crippen LogP contribution in [0, 0.1) is 11.8 Å². The SMILES string of the molecule is CCOC(=O)c1coc(NCC2CCCCC2C)n1. The van der Waals surface area contributed by atoms with E-state index in [4.69, 9.17) is 9.15 Å². The van der Waals surface area contributed by atoms with Crippen molar-refractivity contribution in [2.45, 2.75) is 39.5 Å². The number of hydrogen-bond donors (Lipinski definition) is 1. The summed E-state index contributed by atoms with van der Waals surface area (Å²) in [4.78, 5) is 15.5. The fourth-order valence-electron chi connectivity index (χ4n) is 2.57. The molecule has 1 aliphatic rings. The van der Waals surface area contributed by atoms with E-state index in [2.05, 4.69) is 17.2 Å². The zero-order chi connectivity index (χ0) is 13.7. The second kappa shape index (κ2) is 6.59. The molecule has 5 nitrogen and oxygen atoms in total. The van der Waals surface area contributed by atoms with Crippen molar-refractivity contribution in [1.29, 1.82) is 0 Å². The topological polar surface area (TPSA) is 64.4 Å². The van der Waals surface area contributed by atoms with Crippen molar-refractivity contribution in [2.24, 2.45) is 11.8 Å². The number of aromatic nitrogens is 1. The Balaban J connectivity index is 1.84. The average Bonchev–Trinajstić information content (AvgIpc) is 2.87. The minimum absolute atomic E-state index is 0.223. The molecule has 1 fully saturated rings. The van der Waals surface area contributed by atoms with Gasteiger partial charge in [-0.05, 0) is 25.2 Å². The van der Waals surface area contributed by atoms with Gasteiger partial charge in [0.2, 0.25) is 0 Å². The summed E-state index contributed by atoms with van der Waals surface area (Å²) in [5.41, 5.74) is 0.223. The lowest BCUT2D eigenvalue weighted by atomic mass is 9.80. The lowest BCUT2D eigenvalue weighted by Crippen LogP contribution is -2.24. The van der Waals surface area contributed by atoms with Crippen LogP contribution in [0.2, 0.25) is 0 Å². The lowest BCUT2D eigenvalue weighted by molar-refractivity contribution is 0.0519. The van der Waals surface area contributed by atoms with Gasteiger partial charge in [-0.15, -0.1) is 0 Å². The molecule has 2 rings (SSSR count). The van der Waals surface area contributed by atoms with E-state index in [1.807, 2.05) is 0 Å². The van der Waals surface area contributed by atoms with E-state index in [9.17, 15) is 4.79 Å². The summed E-state index contributed by atoms with van der Waals surface area (Å²) in [6, 6.07) is 0.404. The number of nitrogens with one attached hydrogen (secondary N) is 1. The van der Waals surface area contributed by atoms with Gasteiger partial charge in [0.05, 0.1) is 6.61 Å². The Morgan fingerprint density at radius 2 is 2.32 bits per heavy atom. The van der Waals surface area contributed by atoms with Crippen LogP contribution in [0.15, 0.2) is 10.7 Å². The Kier molecular flexibility index (Phi) is 4.82. The van der Waals surface area contributed by atoms with Crippen molar-refractivity contribution in [2.75, 3.05) is 18.5 Å². The van der Waals surface area contributed by atoms with E-state index < -0.39 is 5.97 Å². The van der Waals surface area contributed by atoms with Crippen LogP contribution < -0.4 is 5.32 Å². The summed E-state index contributed by atoms with van der Waals surface area (Å²) in [7, 11) is 0. The molecule has 0 aromatic carbocycles. The maximum absolute atomic E-state index is 11.4. The zero-order valence-corrected chi connectivity index (χ0v) is 11.6. The quantitative estimate of drug-likeness (QED) is 0.830.